The standard InChI is InChI=1S/C14H25N3O3/c1-2-5-16-13(18)12-10-20-9-8-17(12)14(19)11-3-6-15-7-4-11/h11-12,15H,2-10H2,1H3,(H,16,18). The maximum absolute atomic E-state index is 12.6. The zero-order chi connectivity index (χ0) is 14.4. The maximum atomic E-state index is 12.6. The molecule has 0 radical (unpaired) electrons. The first-order valence-corrected chi connectivity index (χ1v) is 7.60. The highest BCUT2D eigenvalue weighted by molar-refractivity contribution is 5.88. The molecule has 0 spiro atoms. The van der Waals surface area contributed by atoms with Crippen LogP contribution in [0.25, 0.3) is 0 Å². The molecular formula is C14H25N3O3. The third kappa shape index (κ3) is 3.70. The van der Waals surface area contributed by atoms with Gasteiger partial charge in [-0.05, 0) is 32.4 Å². The summed E-state index contributed by atoms with van der Waals surface area (Å²) in [4.78, 5) is 26.5. The van der Waals surface area contributed by atoms with Crippen LogP contribution >= 0.6 is 0 Å². The van der Waals surface area contributed by atoms with E-state index >= 15 is 0 Å². The Kier molecular flexibility index (Phi) is 5.79. The van der Waals surface area contributed by atoms with Crippen LogP contribution in [-0.2, 0) is 14.3 Å². The van der Waals surface area contributed by atoms with Crippen LogP contribution in [0.2, 0.25) is 0 Å². The number of hydrogen-bond donors (Lipinski definition) is 2. The molecule has 0 aromatic carbocycles. The van der Waals surface area contributed by atoms with E-state index in [0.29, 0.717) is 26.3 Å². The fourth-order valence-corrected chi connectivity index (χ4v) is 2.75. The Balaban J connectivity index is 1.98. The third-order valence-corrected chi connectivity index (χ3v) is 3.95. The second-order valence-electron chi connectivity index (χ2n) is 5.44. The Morgan fingerprint density at radius 2 is 2.10 bits per heavy atom. The van der Waals surface area contributed by atoms with Crippen LogP contribution in [-0.4, -0.2) is 62.1 Å². The lowest BCUT2D eigenvalue weighted by molar-refractivity contribution is -0.152. The van der Waals surface area contributed by atoms with Crippen LogP contribution < -0.4 is 10.6 Å². The number of morpholine rings is 1. The summed E-state index contributed by atoms with van der Waals surface area (Å²) in [7, 11) is 0. The predicted molar refractivity (Wildman–Crippen MR) is 75.2 cm³/mol. The molecular weight excluding hydrogens is 258 g/mol. The Morgan fingerprint density at radius 1 is 1.35 bits per heavy atom. The van der Waals surface area contributed by atoms with Crippen molar-refractivity contribution in [2.45, 2.75) is 32.2 Å². The molecule has 1 unspecified atom stereocenters. The molecule has 0 aliphatic carbocycles. The molecule has 2 saturated heterocycles. The summed E-state index contributed by atoms with van der Waals surface area (Å²) in [5, 5.41) is 6.12. The van der Waals surface area contributed by atoms with Gasteiger partial charge in [-0.2, -0.15) is 0 Å². The second-order valence-corrected chi connectivity index (χ2v) is 5.44. The van der Waals surface area contributed by atoms with Crippen LogP contribution in [0.1, 0.15) is 26.2 Å². The Hall–Kier alpha value is -1.14. The number of hydrogen-bond acceptors (Lipinski definition) is 4. The average Bonchev–Trinajstić information content (AvgIpc) is 2.52. The zero-order valence-corrected chi connectivity index (χ0v) is 12.2. The minimum absolute atomic E-state index is 0.0517. The summed E-state index contributed by atoms with van der Waals surface area (Å²) in [6, 6.07) is -0.460. The normalized spacial score (nSPS) is 24.4. The van der Waals surface area contributed by atoms with Crippen LogP contribution in [0.15, 0.2) is 0 Å². The Labute approximate surface area is 120 Å². The summed E-state index contributed by atoms with van der Waals surface area (Å²) >= 11 is 0. The number of rotatable bonds is 4. The largest absolute Gasteiger partial charge is 0.377 e. The van der Waals surface area contributed by atoms with E-state index < -0.39 is 6.04 Å². The van der Waals surface area contributed by atoms with Crippen LogP contribution in [0.5, 0.6) is 0 Å². The molecule has 2 heterocycles. The molecule has 0 bridgehead atoms. The lowest BCUT2D eigenvalue weighted by Crippen LogP contribution is -2.57. The molecule has 1 atom stereocenters. The van der Waals surface area contributed by atoms with Crippen molar-refractivity contribution in [3.05, 3.63) is 0 Å². The Morgan fingerprint density at radius 3 is 2.80 bits per heavy atom. The molecule has 0 saturated carbocycles. The lowest BCUT2D eigenvalue weighted by atomic mass is 9.95. The van der Waals surface area contributed by atoms with Crippen molar-refractivity contribution >= 4 is 11.8 Å². The monoisotopic (exact) mass is 283 g/mol. The minimum atomic E-state index is -0.460. The lowest BCUT2D eigenvalue weighted by Gasteiger charge is -2.37. The number of nitrogens with zero attached hydrogens (tertiary/aromatic N) is 1. The fraction of sp³-hybridized carbons (Fsp3) is 0.857. The van der Waals surface area contributed by atoms with Gasteiger partial charge in [0, 0.05) is 19.0 Å². The third-order valence-electron chi connectivity index (χ3n) is 3.95. The van der Waals surface area contributed by atoms with E-state index in [1.165, 1.54) is 0 Å². The molecule has 2 aliphatic rings. The number of carbonyl (C=O) groups excluding carboxylic acids is 2. The molecule has 114 valence electrons. The van der Waals surface area contributed by atoms with Gasteiger partial charge in [0.1, 0.15) is 6.04 Å². The van der Waals surface area contributed by atoms with E-state index in [1.807, 2.05) is 6.92 Å². The molecule has 2 fully saturated rings. The quantitative estimate of drug-likeness (QED) is 0.746. The van der Waals surface area contributed by atoms with Gasteiger partial charge in [-0.15, -0.1) is 0 Å². The van der Waals surface area contributed by atoms with Gasteiger partial charge in [0.05, 0.1) is 13.2 Å². The van der Waals surface area contributed by atoms with Crippen molar-refractivity contribution in [2.24, 2.45) is 5.92 Å². The maximum Gasteiger partial charge on any atom is 0.245 e. The number of nitrogens with one attached hydrogen (secondary N) is 2. The summed E-state index contributed by atoms with van der Waals surface area (Å²) < 4.78 is 5.38. The van der Waals surface area contributed by atoms with Crippen molar-refractivity contribution in [3.8, 4) is 0 Å². The van der Waals surface area contributed by atoms with Crippen molar-refractivity contribution in [3.63, 3.8) is 0 Å². The fourth-order valence-electron chi connectivity index (χ4n) is 2.75. The molecule has 2 amide bonds. The molecule has 0 aromatic heterocycles. The predicted octanol–water partition coefficient (Wildman–Crippen LogP) is -0.260. The van der Waals surface area contributed by atoms with E-state index in [2.05, 4.69) is 10.6 Å². The van der Waals surface area contributed by atoms with Crippen molar-refractivity contribution in [1.82, 2.24) is 15.5 Å². The summed E-state index contributed by atoms with van der Waals surface area (Å²) in [5.41, 5.74) is 0. The van der Waals surface area contributed by atoms with Gasteiger partial charge in [0.25, 0.3) is 0 Å². The van der Waals surface area contributed by atoms with Gasteiger partial charge in [-0.25, -0.2) is 0 Å². The van der Waals surface area contributed by atoms with Crippen molar-refractivity contribution in [2.75, 3.05) is 39.4 Å². The molecule has 2 aliphatic heterocycles. The van der Waals surface area contributed by atoms with Crippen LogP contribution in [0.3, 0.4) is 0 Å². The number of piperidine rings is 1. The highest BCUT2D eigenvalue weighted by atomic mass is 16.5. The van der Waals surface area contributed by atoms with E-state index in [9.17, 15) is 9.59 Å². The number of amides is 2. The summed E-state index contributed by atoms with van der Waals surface area (Å²) in [5.74, 6) is 0.0797. The van der Waals surface area contributed by atoms with E-state index in [-0.39, 0.29) is 17.7 Å². The van der Waals surface area contributed by atoms with Gasteiger partial charge in [0.2, 0.25) is 11.8 Å². The van der Waals surface area contributed by atoms with E-state index in [1.54, 1.807) is 4.90 Å². The topological polar surface area (TPSA) is 70.7 Å². The SMILES string of the molecule is CCCNC(=O)C1COCCN1C(=O)C1CCNCC1. The summed E-state index contributed by atoms with van der Waals surface area (Å²) in [6.45, 7) is 5.77. The molecule has 20 heavy (non-hydrogen) atoms. The first-order chi connectivity index (χ1) is 9.74. The van der Waals surface area contributed by atoms with Gasteiger partial charge < -0.3 is 20.3 Å². The first kappa shape index (κ1) is 15.3. The van der Waals surface area contributed by atoms with Gasteiger partial charge in [-0.1, -0.05) is 6.92 Å². The molecule has 6 nitrogen and oxygen atoms in total. The summed E-state index contributed by atoms with van der Waals surface area (Å²) in [6.07, 6.45) is 2.61. The van der Waals surface area contributed by atoms with Gasteiger partial charge in [-0.3, -0.25) is 9.59 Å². The Bertz CT molecular complexity index is 343. The van der Waals surface area contributed by atoms with Gasteiger partial charge >= 0.3 is 0 Å². The van der Waals surface area contributed by atoms with Crippen LogP contribution in [0, 0.1) is 5.92 Å². The van der Waals surface area contributed by atoms with Crippen LogP contribution in [0.4, 0.5) is 0 Å². The molecule has 0 aromatic rings. The highest BCUT2D eigenvalue weighted by Gasteiger charge is 2.36. The smallest absolute Gasteiger partial charge is 0.245 e. The van der Waals surface area contributed by atoms with Crippen molar-refractivity contribution in [1.29, 1.82) is 0 Å². The van der Waals surface area contributed by atoms with Crippen molar-refractivity contribution < 1.29 is 14.3 Å². The number of ether oxygens (including phenoxy) is 1. The second kappa shape index (κ2) is 7.59. The highest BCUT2D eigenvalue weighted by Crippen LogP contribution is 2.18. The minimum Gasteiger partial charge on any atom is -0.377 e. The van der Waals surface area contributed by atoms with Gasteiger partial charge in [0.15, 0.2) is 0 Å². The number of carbonyl (C=O) groups is 2. The molecule has 6 heteroatoms. The average molecular weight is 283 g/mol. The molecule has 2 N–H and O–H groups in total. The van der Waals surface area contributed by atoms with E-state index in [4.69, 9.17) is 4.74 Å². The van der Waals surface area contributed by atoms with E-state index in [0.717, 1.165) is 32.4 Å². The zero-order valence-electron chi connectivity index (χ0n) is 12.2. The first-order valence-electron chi connectivity index (χ1n) is 7.60. The molecule has 2 rings (SSSR count).